The number of aliphatic hydroxyl groups excluding tert-OH is 1. The second kappa shape index (κ2) is 7.88. The van der Waals surface area contributed by atoms with Crippen LogP contribution in [0, 0.1) is 0 Å². The van der Waals surface area contributed by atoms with Crippen LogP contribution in [0.3, 0.4) is 0 Å². The lowest BCUT2D eigenvalue weighted by molar-refractivity contribution is 0.0204. The van der Waals surface area contributed by atoms with E-state index in [0.717, 1.165) is 24.2 Å². The van der Waals surface area contributed by atoms with E-state index in [-0.39, 0.29) is 12.7 Å². The SMILES string of the molecule is COc1ccc(CCO)cc1C1CCN(C(=O)OC(C)(C)C)CC1. The second-order valence-corrected chi connectivity index (χ2v) is 7.29. The molecule has 0 aromatic heterocycles. The summed E-state index contributed by atoms with van der Waals surface area (Å²) in [4.78, 5) is 14.0. The lowest BCUT2D eigenvalue weighted by atomic mass is 9.87. The lowest BCUT2D eigenvalue weighted by Crippen LogP contribution is -2.41. The Bertz CT molecular complexity index is 557. The summed E-state index contributed by atoms with van der Waals surface area (Å²) in [6, 6.07) is 6.10. The molecule has 0 spiro atoms. The van der Waals surface area contributed by atoms with Crippen molar-refractivity contribution in [1.29, 1.82) is 0 Å². The van der Waals surface area contributed by atoms with Gasteiger partial charge in [-0.15, -0.1) is 0 Å². The number of aliphatic hydroxyl groups is 1. The number of carbonyl (C=O) groups excluding carboxylic acids is 1. The van der Waals surface area contributed by atoms with Gasteiger partial charge in [-0.25, -0.2) is 4.79 Å². The van der Waals surface area contributed by atoms with Crippen molar-refractivity contribution in [3.05, 3.63) is 29.3 Å². The molecule has 0 bridgehead atoms. The molecule has 1 N–H and O–H groups in total. The molecule has 5 nitrogen and oxygen atoms in total. The van der Waals surface area contributed by atoms with Gasteiger partial charge >= 0.3 is 6.09 Å². The molecule has 2 rings (SSSR count). The third-order valence-electron chi connectivity index (χ3n) is 4.28. The van der Waals surface area contributed by atoms with Crippen LogP contribution in [0.2, 0.25) is 0 Å². The fourth-order valence-electron chi connectivity index (χ4n) is 3.09. The Labute approximate surface area is 144 Å². The van der Waals surface area contributed by atoms with Gasteiger partial charge < -0.3 is 19.5 Å². The molecule has 1 heterocycles. The smallest absolute Gasteiger partial charge is 0.410 e. The zero-order chi connectivity index (χ0) is 17.7. The summed E-state index contributed by atoms with van der Waals surface area (Å²) in [6.45, 7) is 7.17. The van der Waals surface area contributed by atoms with E-state index in [1.54, 1.807) is 12.0 Å². The minimum atomic E-state index is -0.463. The van der Waals surface area contributed by atoms with Crippen LogP contribution in [-0.2, 0) is 11.2 Å². The van der Waals surface area contributed by atoms with E-state index in [1.807, 2.05) is 32.9 Å². The number of amides is 1. The standard InChI is InChI=1S/C19H29NO4/c1-19(2,3)24-18(22)20-10-7-15(8-11-20)16-13-14(9-12-21)5-6-17(16)23-4/h5-6,13,15,21H,7-12H2,1-4H3. The minimum absolute atomic E-state index is 0.142. The van der Waals surface area contributed by atoms with Crippen LogP contribution in [0.4, 0.5) is 4.79 Å². The van der Waals surface area contributed by atoms with Crippen LogP contribution >= 0.6 is 0 Å². The Hall–Kier alpha value is -1.75. The molecule has 5 heteroatoms. The fraction of sp³-hybridized carbons (Fsp3) is 0.632. The first-order chi connectivity index (χ1) is 11.3. The van der Waals surface area contributed by atoms with Crippen molar-refractivity contribution in [1.82, 2.24) is 4.90 Å². The number of rotatable bonds is 4. The summed E-state index contributed by atoms with van der Waals surface area (Å²) >= 11 is 0. The van der Waals surface area contributed by atoms with Gasteiger partial charge in [0.15, 0.2) is 0 Å². The molecule has 1 aromatic carbocycles. The number of hydrogen-bond acceptors (Lipinski definition) is 4. The van der Waals surface area contributed by atoms with Gasteiger partial charge in [-0.05, 0) is 63.1 Å². The molecule has 24 heavy (non-hydrogen) atoms. The molecule has 1 amide bonds. The predicted octanol–water partition coefficient (Wildman–Crippen LogP) is 3.34. The van der Waals surface area contributed by atoms with E-state index in [9.17, 15) is 4.79 Å². The number of benzene rings is 1. The Morgan fingerprint density at radius 3 is 2.50 bits per heavy atom. The highest BCUT2D eigenvalue weighted by molar-refractivity contribution is 5.68. The molecule has 1 fully saturated rings. The van der Waals surface area contributed by atoms with Gasteiger partial charge in [0, 0.05) is 19.7 Å². The van der Waals surface area contributed by atoms with Crippen LogP contribution in [0.1, 0.15) is 50.7 Å². The number of carbonyl (C=O) groups is 1. The highest BCUT2D eigenvalue weighted by Crippen LogP contribution is 2.35. The number of piperidine rings is 1. The maximum Gasteiger partial charge on any atom is 0.410 e. The Morgan fingerprint density at radius 2 is 1.96 bits per heavy atom. The van der Waals surface area contributed by atoms with Gasteiger partial charge in [0.25, 0.3) is 0 Å². The lowest BCUT2D eigenvalue weighted by Gasteiger charge is -2.34. The highest BCUT2D eigenvalue weighted by atomic mass is 16.6. The zero-order valence-corrected chi connectivity index (χ0v) is 15.2. The highest BCUT2D eigenvalue weighted by Gasteiger charge is 2.28. The van der Waals surface area contributed by atoms with Crippen molar-refractivity contribution in [3.8, 4) is 5.75 Å². The van der Waals surface area contributed by atoms with Crippen molar-refractivity contribution in [2.75, 3.05) is 26.8 Å². The molecule has 0 aliphatic carbocycles. The second-order valence-electron chi connectivity index (χ2n) is 7.29. The molecule has 134 valence electrons. The van der Waals surface area contributed by atoms with Gasteiger partial charge in [-0.1, -0.05) is 12.1 Å². The van der Waals surface area contributed by atoms with Crippen molar-refractivity contribution < 1.29 is 19.4 Å². The molecule has 0 unspecified atom stereocenters. The summed E-state index contributed by atoms with van der Waals surface area (Å²) in [5.41, 5.74) is 1.82. The maximum atomic E-state index is 12.2. The molecule has 0 saturated carbocycles. The van der Waals surface area contributed by atoms with Gasteiger partial charge in [-0.3, -0.25) is 0 Å². The van der Waals surface area contributed by atoms with Gasteiger partial charge in [0.05, 0.1) is 7.11 Å². The molecule has 1 aliphatic heterocycles. The molecule has 0 radical (unpaired) electrons. The summed E-state index contributed by atoms with van der Waals surface area (Å²) in [5, 5.41) is 9.15. The number of likely N-dealkylation sites (tertiary alicyclic amines) is 1. The summed E-state index contributed by atoms with van der Waals surface area (Å²) < 4.78 is 11.0. The van der Waals surface area contributed by atoms with Gasteiger partial charge in [0.1, 0.15) is 11.4 Å². The molecule has 1 saturated heterocycles. The number of hydrogen-bond donors (Lipinski definition) is 1. The van der Waals surface area contributed by atoms with Crippen LogP contribution in [0.25, 0.3) is 0 Å². The molecule has 0 atom stereocenters. The van der Waals surface area contributed by atoms with Crippen molar-refractivity contribution in [2.45, 2.75) is 51.6 Å². The molecule has 1 aromatic rings. The third-order valence-corrected chi connectivity index (χ3v) is 4.28. The van der Waals surface area contributed by atoms with E-state index in [2.05, 4.69) is 6.07 Å². The van der Waals surface area contributed by atoms with E-state index < -0.39 is 5.60 Å². The Balaban J connectivity index is 2.03. The van der Waals surface area contributed by atoms with Crippen molar-refractivity contribution in [3.63, 3.8) is 0 Å². The Kier molecular flexibility index (Phi) is 6.10. The van der Waals surface area contributed by atoms with Crippen LogP contribution in [0.15, 0.2) is 18.2 Å². The summed E-state index contributed by atoms with van der Waals surface area (Å²) in [7, 11) is 1.68. The van der Waals surface area contributed by atoms with Gasteiger partial charge in [0.2, 0.25) is 0 Å². The number of ether oxygens (including phenoxy) is 2. The normalized spacial score (nSPS) is 16.1. The monoisotopic (exact) mass is 335 g/mol. The van der Waals surface area contributed by atoms with Gasteiger partial charge in [-0.2, -0.15) is 0 Å². The van der Waals surface area contributed by atoms with E-state index in [0.29, 0.717) is 25.4 Å². The van der Waals surface area contributed by atoms with Crippen molar-refractivity contribution in [2.24, 2.45) is 0 Å². The largest absolute Gasteiger partial charge is 0.496 e. The predicted molar refractivity (Wildman–Crippen MR) is 93.6 cm³/mol. The van der Waals surface area contributed by atoms with Crippen LogP contribution < -0.4 is 4.74 Å². The fourth-order valence-corrected chi connectivity index (χ4v) is 3.09. The average Bonchev–Trinajstić information content (AvgIpc) is 2.53. The molecular formula is C19H29NO4. The first-order valence-electron chi connectivity index (χ1n) is 8.59. The third kappa shape index (κ3) is 4.87. The van der Waals surface area contributed by atoms with Crippen LogP contribution in [0.5, 0.6) is 5.75 Å². The van der Waals surface area contributed by atoms with E-state index in [1.165, 1.54) is 5.56 Å². The zero-order valence-electron chi connectivity index (χ0n) is 15.2. The minimum Gasteiger partial charge on any atom is -0.496 e. The number of methoxy groups -OCH3 is 1. The molecule has 1 aliphatic rings. The first-order valence-corrected chi connectivity index (χ1v) is 8.59. The van der Waals surface area contributed by atoms with E-state index in [4.69, 9.17) is 14.6 Å². The Morgan fingerprint density at radius 1 is 1.29 bits per heavy atom. The topological polar surface area (TPSA) is 59.0 Å². The number of nitrogens with zero attached hydrogens (tertiary/aromatic N) is 1. The quantitative estimate of drug-likeness (QED) is 0.917. The molecular weight excluding hydrogens is 306 g/mol. The first kappa shape index (κ1) is 18.6. The summed E-state index contributed by atoms with van der Waals surface area (Å²) in [5.74, 6) is 1.24. The summed E-state index contributed by atoms with van der Waals surface area (Å²) in [6.07, 6.45) is 2.19. The van der Waals surface area contributed by atoms with Crippen LogP contribution in [-0.4, -0.2) is 48.5 Å². The van der Waals surface area contributed by atoms with Crippen molar-refractivity contribution >= 4 is 6.09 Å². The van der Waals surface area contributed by atoms with E-state index >= 15 is 0 Å². The maximum absolute atomic E-state index is 12.2. The average molecular weight is 335 g/mol.